The van der Waals surface area contributed by atoms with Gasteiger partial charge in [0.25, 0.3) is 5.91 Å². The number of amides is 1. The van der Waals surface area contributed by atoms with Crippen molar-refractivity contribution in [1.29, 1.82) is 0 Å². The van der Waals surface area contributed by atoms with Crippen LogP contribution in [-0.4, -0.2) is 28.8 Å². The van der Waals surface area contributed by atoms with Gasteiger partial charge in [0, 0.05) is 0 Å². The van der Waals surface area contributed by atoms with Crippen molar-refractivity contribution in [2.24, 2.45) is 0 Å². The van der Waals surface area contributed by atoms with E-state index < -0.39 is 0 Å². The Morgan fingerprint density at radius 2 is 1.93 bits per heavy atom. The summed E-state index contributed by atoms with van der Waals surface area (Å²) in [5.41, 5.74) is 1.92. The molecule has 0 saturated carbocycles. The molecule has 1 amide bonds. The number of carbonyl (C=O) groups is 1. The van der Waals surface area contributed by atoms with Crippen LogP contribution in [0.4, 0.5) is 0 Å². The summed E-state index contributed by atoms with van der Waals surface area (Å²) in [5.74, 6) is 1.25. The first-order valence-corrected chi connectivity index (χ1v) is 9.90. The fourth-order valence-corrected chi connectivity index (χ4v) is 4.31. The predicted molar refractivity (Wildman–Crippen MR) is 114 cm³/mol. The zero-order valence-electron chi connectivity index (χ0n) is 15.5. The largest absolute Gasteiger partial charge is 0.493 e. The standard InChI is InChI=1S/C21H21NO3S2/c1-4-25-17-11-10-15(12-18(17)24-3)13-19-20(23)22(21(26)27-19)14(2)16-8-6-5-7-9-16/h5-14H,4H2,1-3H3/b19-13-. The van der Waals surface area contributed by atoms with E-state index in [0.29, 0.717) is 27.3 Å². The highest BCUT2D eigenvalue weighted by Gasteiger charge is 2.35. The molecule has 1 heterocycles. The number of hydrogen-bond donors (Lipinski definition) is 0. The lowest BCUT2D eigenvalue weighted by molar-refractivity contribution is -0.123. The SMILES string of the molecule is CCOc1ccc(/C=C2\SC(=S)N(C(C)c3ccccc3)C2=O)cc1OC. The molecule has 140 valence electrons. The molecule has 1 atom stereocenters. The van der Waals surface area contributed by atoms with Crippen LogP contribution < -0.4 is 9.47 Å². The second-order valence-electron chi connectivity index (χ2n) is 5.98. The van der Waals surface area contributed by atoms with Gasteiger partial charge in [-0.1, -0.05) is 60.4 Å². The molecule has 0 radical (unpaired) electrons. The summed E-state index contributed by atoms with van der Waals surface area (Å²) < 4.78 is 11.5. The third-order valence-electron chi connectivity index (χ3n) is 4.28. The molecule has 1 aliphatic rings. The first-order valence-electron chi connectivity index (χ1n) is 8.68. The number of methoxy groups -OCH3 is 1. The van der Waals surface area contributed by atoms with E-state index in [1.54, 1.807) is 12.0 Å². The molecule has 1 unspecified atom stereocenters. The van der Waals surface area contributed by atoms with E-state index in [4.69, 9.17) is 21.7 Å². The van der Waals surface area contributed by atoms with Crippen LogP contribution in [0.25, 0.3) is 6.08 Å². The van der Waals surface area contributed by atoms with E-state index in [1.165, 1.54) is 11.8 Å². The van der Waals surface area contributed by atoms with E-state index in [2.05, 4.69) is 0 Å². The minimum absolute atomic E-state index is 0.0748. The number of hydrogen-bond acceptors (Lipinski definition) is 5. The van der Waals surface area contributed by atoms with Gasteiger partial charge < -0.3 is 9.47 Å². The third kappa shape index (κ3) is 4.17. The maximum Gasteiger partial charge on any atom is 0.266 e. The lowest BCUT2D eigenvalue weighted by Crippen LogP contribution is -2.30. The molecule has 0 spiro atoms. The van der Waals surface area contributed by atoms with Crippen molar-refractivity contribution < 1.29 is 14.3 Å². The minimum atomic E-state index is -0.112. The maximum atomic E-state index is 13.0. The van der Waals surface area contributed by atoms with Gasteiger partial charge in [-0.15, -0.1) is 0 Å². The van der Waals surface area contributed by atoms with Crippen LogP contribution in [0.5, 0.6) is 11.5 Å². The number of nitrogens with zero attached hydrogens (tertiary/aromatic N) is 1. The molecule has 27 heavy (non-hydrogen) atoms. The van der Waals surface area contributed by atoms with Crippen LogP contribution in [0, 0.1) is 0 Å². The Bertz CT molecular complexity index is 880. The average molecular weight is 400 g/mol. The van der Waals surface area contributed by atoms with Crippen LogP contribution in [0.15, 0.2) is 53.4 Å². The quantitative estimate of drug-likeness (QED) is 0.502. The normalized spacial score (nSPS) is 16.7. The van der Waals surface area contributed by atoms with Gasteiger partial charge in [0.05, 0.1) is 24.7 Å². The van der Waals surface area contributed by atoms with Crippen molar-refractivity contribution in [2.75, 3.05) is 13.7 Å². The van der Waals surface area contributed by atoms with E-state index >= 15 is 0 Å². The Hall–Kier alpha value is -2.31. The number of ether oxygens (including phenoxy) is 2. The Balaban J connectivity index is 1.86. The Labute approximate surface area is 169 Å². The van der Waals surface area contributed by atoms with Gasteiger partial charge in [0.2, 0.25) is 0 Å². The van der Waals surface area contributed by atoms with E-state index in [-0.39, 0.29) is 11.9 Å². The molecule has 1 fully saturated rings. The van der Waals surface area contributed by atoms with Crippen LogP contribution in [-0.2, 0) is 4.79 Å². The molecule has 0 bridgehead atoms. The summed E-state index contributed by atoms with van der Waals surface area (Å²) in [6.45, 7) is 4.47. The molecule has 4 nitrogen and oxygen atoms in total. The summed E-state index contributed by atoms with van der Waals surface area (Å²) >= 11 is 6.80. The molecule has 2 aromatic rings. The molecule has 0 aromatic heterocycles. The number of thiocarbonyl (C=S) groups is 1. The number of carbonyl (C=O) groups excluding carboxylic acids is 1. The van der Waals surface area contributed by atoms with E-state index in [1.807, 2.05) is 68.5 Å². The molecule has 6 heteroatoms. The molecular formula is C21H21NO3S2. The van der Waals surface area contributed by atoms with Crippen LogP contribution >= 0.6 is 24.0 Å². The fraction of sp³-hybridized carbons (Fsp3) is 0.238. The molecule has 2 aromatic carbocycles. The lowest BCUT2D eigenvalue weighted by atomic mass is 10.1. The summed E-state index contributed by atoms with van der Waals surface area (Å²) in [6.07, 6.45) is 1.84. The summed E-state index contributed by atoms with van der Waals surface area (Å²) in [7, 11) is 1.60. The third-order valence-corrected chi connectivity index (χ3v) is 5.61. The fourth-order valence-electron chi connectivity index (χ4n) is 2.89. The smallest absolute Gasteiger partial charge is 0.266 e. The Morgan fingerprint density at radius 3 is 2.59 bits per heavy atom. The first-order chi connectivity index (χ1) is 13.0. The van der Waals surface area contributed by atoms with Crippen LogP contribution in [0.3, 0.4) is 0 Å². The molecule has 1 aliphatic heterocycles. The summed E-state index contributed by atoms with van der Waals surface area (Å²) in [6, 6.07) is 15.4. The van der Waals surface area contributed by atoms with Gasteiger partial charge in [-0.2, -0.15) is 0 Å². The highest BCUT2D eigenvalue weighted by atomic mass is 32.2. The lowest BCUT2D eigenvalue weighted by Gasteiger charge is -2.23. The number of rotatable bonds is 6. The molecule has 0 aliphatic carbocycles. The molecular weight excluding hydrogens is 378 g/mol. The molecule has 1 saturated heterocycles. The van der Waals surface area contributed by atoms with Gasteiger partial charge in [-0.05, 0) is 43.2 Å². The predicted octanol–water partition coefficient (Wildman–Crippen LogP) is 5.06. The van der Waals surface area contributed by atoms with Crippen molar-refractivity contribution in [3.8, 4) is 11.5 Å². The number of thioether (sulfide) groups is 1. The van der Waals surface area contributed by atoms with Crippen molar-refractivity contribution in [3.63, 3.8) is 0 Å². The van der Waals surface area contributed by atoms with Gasteiger partial charge in [0.1, 0.15) is 4.32 Å². The van der Waals surface area contributed by atoms with Gasteiger partial charge in [-0.25, -0.2) is 0 Å². The van der Waals surface area contributed by atoms with Crippen LogP contribution in [0.1, 0.15) is 31.0 Å². The summed E-state index contributed by atoms with van der Waals surface area (Å²) in [4.78, 5) is 15.2. The van der Waals surface area contributed by atoms with Crippen molar-refractivity contribution in [3.05, 3.63) is 64.6 Å². The van der Waals surface area contributed by atoms with E-state index in [9.17, 15) is 4.79 Å². The zero-order chi connectivity index (χ0) is 19.4. The highest BCUT2D eigenvalue weighted by Crippen LogP contribution is 2.38. The second-order valence-corrected chi connectivity index (χ2v) is 7.66. The van der Waals surface area contributed by atoms with Crippen molar-refractivity contribution in [1.82, 2.24) is 4.90 Å². The van der Waals surface area contributed by atoms with Crippen molar-refractivity contribution in [2.45, 2.75) is 19.9 Å². The monoisotopic (exact) mass is 399 g/mol. The topological polar surface area (TPSA) is 38.8 Å². The van der Waals surface area contributed by atoms with Gasteiger partial charge in [-0.3, -0.25) is 9.69 Å². The van der Waals surface area contributed by atoms with E-state index in [0.717, 1.165) is 11.1 Å². The van der Waals surface area contributed by atoms with Crippen LogP contribution in [0.2, 0.25) is 0 Å². The summed E-state index contributed by atoms with van der Waals surface area (Å²) in [5, 5.41) is 0. The maximum absolute atomic E-state index is 13.0. The Morgan fingerprint density at radius 1 is 1.19 bits per heavy atom. The molecule has 0 N–H and O–H groups in total. The van der Waals surface area contributed by atoms with Gasteiger partial charge in [0.15, 0.2) is 11.5 Å². The Kier molecular flexibility index (Phi) is 6.19. The first kappa shape index (κ1) is 19.5. The zero-order valence-corrected chi connectivity index (χ0v) is 17.1. The molecule has 3 rings (SSSR count). The average Bonchev–Trinajstić information content (AvgIpc) is 2.96. The minimum Gasteiger partial charge on any atom is -0.493 e. The van der Waals surface area contributed by atoms with Crippen molar-refractivity contribution >= 4 is 40.3 Å². The highest BCUT2D eigenvalue weighted by molar-refractivity contribution is 8.26. The second kappa shape index (κ2) is 8.59. The number of benzene rings is 2. The van der Waals surface area contributed by atoms with Gasteiger partial charge >= 0.3 is 0 Å².